The molecule has 0 unspecified atom stereocenters. The molecule has 0 atom stereocenters. The Balaban J connectivity index is 1.60. The number of unbranched alkanes of at least 4 members (excludes halogenated alkanes) is 7. The van der Waals surface area contributed by atoms with Crippen LogP contribution >= 0.6 is 0 Å². The highest BCUT2D eigenvalue weighted by Gasteiger charge is 2.23. The van der Waals surface area contributed by atoms with Crippen LogP contribution in [0.25, 0.3) is 5.76 Å². The van der Waals surface area contributed by atoms with Crippen LogP contribution < -0.4 is 4.74 Å². The van der Waals surface area contributed by atoms with Crippen LogP contribution in [-0.4, -0.2) is 20.4 Å². The SMILES string of the molecule is CCCCCCCCCCc1ccc2c(c1)OC(c1cc(O)c(O)c(O)c1)=C(O)C2. The van der Waals surface area contributed by atoms with Gasteiger partial charge in [0, 0.05) is 17.5 Å². The van der Waals surface area contributed by atoms with Crippen molar-refractivity contribution < 1.29 is 25.2 Å². The number of phenols is 3. The lowest BCUT2D eigenvalue weighted by molar-refractivity contribution is 0.354. The molecule has 0 saturated carbocycles. The van der Waals surface area contributed by atoms with E-state index in [2.05, 4.69) is 13.0 Å². The largest absolute Gasteiger partial charge is 0.508 e. The molecule has 0 amide bonds. The fourth-order valence-electron chi connectivity index (χ4n) is 3.85. The van der Waals surface area contributed by atoms with E-state index in [1.165, 1.54) is 62.6 Å². The van der Waals surface area contributed by atoms with E-state index in [9.17, 15) is 20.4 Å². The molecule has 0 aromatic heterocycles. The number of aliphatic hydroxyl groups is 1. The number of phenolic OH excluding ortho intramolecular Hbond substituents is 3. The molecule has 5 nitrogen and oxygen atoms in total. The molecule has 0 radical (unpaired) electrons. The first-order chi connectivity index (χ1) is 14.5. The van der Waals surface area contributed by atoms with Gasteiger partial charge in [0.2, 0.25) is 0 Å². The summed E-state index contributed by atoms with van der Waals surface area (Å²) in [5, 5.41) is 39.5. The maximum absolute atomic E-state index is 10.4. The summed E-state index contributed by atoms with van der Waals surface area (Å²) < 4.78 is 5.93. The van der Waals surface area contributed by atoms with Gasteiger partial charge < -0.3 is 25.2 Å². The zero-order valence-electron chi connectivity index (χ0n) is 17.7. The summed E-state index contributed by atoms with van der Waals surface area (Å²) >= 11 is 0. The van der Waals surface area contributed by atoms with Crippen molar-refractivity contribution in [2.45, 2.75) is 71.1 Å². The first-order valence-corrected chi connectivity index (χ1v) is 11.0. The van der Waals surface area contributed by atoms with Gasteiger partial charge in [0.05, 0.1) is 0 Å². The number of rotatable bonds is 10. The molecule has 1 aliphatic rings. The Morgan fingerprint density at radius 2 is 1.43 bits per heavy atom. The number of hydrogen-bond acceptors (Lipinski definition) is 5. The van der Waals surface area contributed by atoms with Crippen LogP contribution in [0, 0.1) is 0 Å². The minimum Gasteiger partial charge on any atom is -0.508 e. The Morgan fingerprint density at radius 1 is 0.800 bits per heavy atom. The van der Waals surface area contributed by atoms with Gasteiger partial charge in [-0.05, 0) is 36.6 Å². The molecular weight excluding hydrogens is 380 g/mol. The molecule has 4 N–H and O–H groups in total. The monoisotopic (exact) mass is 412 g/mol. The summed E-state index contributed by atoms with van der Waals surface area (Å²) in [4.78, 5) is 0. The number of aryl methyl sites for hydroxylation is 1. The maximum Gasteiger partial charge on any atom is 0.200 e. The van der Waals surface area contributed by atoms with Crippen molar-refractivity contribution in [1.29, 1.82) is 0 Å². The number of aromatic hydroxyl groups is 3. The smallest absolute Gasteiger partial charge is 0.200 e. The Bertz CT molecular complexity index is 877. The van der Waals surface area contributed by atoms with Crippen molar-refractivity contribution in [2.24, 2.45) is 0 Å². The average Bonchev–Trinajstić information content (AvgIpc) is 2.73. The highest BCUT2D eigenvalue weighted by molar-refractivity contribution is 5.71. The summed E-state index contributed by atoms with van der Waals surface area (Å²) in [6, 6.07) is 8.59. The van der Waals surface area contributed by atoms with Gasteiger partial charge in [-0.2, -0.15) is 0 Å². The van der Waals surface area contributed by atoms with E-state index in [1.807, 2.05) is 12.1 Å². The lowest BCUT2D eigenvalue weighted by atomic mass is 9.99. The number of allylic oxidation sites excluding steroid dienone is 1. The van der Waals surface area contributed by atoms with Gasteiger partial charge >= 0.3 is 0 Å². The molecule has 162 valence electrons. The molecule has 0 aliphatic carbocycles. The van der Waals surface area contributed by atoms with E-state index in [1.54, 1.807) is 0 Å². The van der Waals surface area contributed by atoms with Crippen molar-refractivity contribution in [2.75, 3.05) is 0 Å². The third-order valence-corrected chi connectivity index (χ3v) is 5.61. The standard InChI is InChI=1S/C25H32O5/c1-2-3-4-5-6-7-8-9-10-17-11-12-18-14-22(28)25(30-23(18)13-17)19-15-20(26)24(29)21(27)16-19/h11-13,15-16,26-29H,2-10,14H2,1H3. The van der Waals surface area contributed by atoms with E-state index < -0.39 is 17.2 Å². The topological polar surface area (TPSA) is 90.2 Å². The van der Waals surface area contributed by atoms with Crippen LogP contribution in [0.4, 0.5) is 0 Å². The highest BCUT2D eigenvalue weighted by Crippen LogP contribution is 2.41. The molecule has 3 rings (SSSR count). The third-order valence-electron chi connectivity index (χ3n) is 5.61. The summed E-state index contributed by atoms with van der Waals surface area (Å²) in [5.74, 6) is -0.666. The van der Waals surface area contributed by atoms with Crippen LogP contribution in [0.5, 0.6) is 23.0 Å². The molecular formula is C25H32O5. The first-order valence-electron chi connectivity index (χ1n) is 11.0. The van der Waals surface area contributed by atoms with E-state index in [-0.39, 0.29) is 11.5 Å². The number of aliphatic hydroxyl groups excluding tert-OH is 1. The predicted molar refractivity (Wildman–Crippen MR) is 118 cm³/mol. The quantitative estimate of drug-likeness (QED) is 0.270. The number of benzene rings is 2. The van der Waals surface area contributed by atoms with Gasteiger partial charge in [-0.25, -0.2) is 0 Å². The highest BCUT2D eigenvalue weighted by atomic mass is 16.5. The lowest BCUT2D eigenvalue weighted by Crippen LogP contribution is -2.10. The second-order valence-corrected chi connectivity index (χ2v) is 8.08. The fourth-order valence-corrected chi connectivity index (χ4v) is 3.85. The van der Waals surface area contributed by atoms with Crippen LogP contribution in [0.15, 0.2) is 36.1 Å². The van der Waals surface area contributed by atoms with Crippen molar-refractivity contribution in [1.82, 2.24) is 0 Å². The Labute approximate surface area is 178 Å². The Morgan fingerprint density at radius 3 is 2.10 bits per heavy atom. The summed E-state index contributed by atoms with van der Waals surface area (Å²) in [6.45, 7) is 2.24. The molecule has 30 heavy (non-hydrogen) atoms. The zero-order chi connectivity index (χ0) is 21.5. The summed E-state index contributed by atoms with van der Waals surface area (Å²) in [5.41, 5.74) is 2.39. The second-order valence-electron chi connectivity index (χ2n) is 8.08. The van der Waals surface area contributed by atoms with Crippen LogP contribution in [0.1, 0.15) is 75.0 Å². The number of ether oxygens (including phenoxy) is 1. The van der Waals surface area contributed by atoms with Gasteiger partial charge in [0.1, 0.15) is 11.5 Å². The Kier molecular flexibility index (Phi) is 7.50. The van der Waals surface area contributed by atoms with E-state index in [0.29, 0.717) is 17.7 Å². The summed E-state index contributed by atoms with van der Waals surface area (Å²) in [7, 11) is 0. The van der Waals surface area contributed by atoms with Crippen LogP contribution in [-0.2, 0) is 12.8 Å². The van der Waals surface area contributed by atoms with Crippen LogP contribution in [0.2, 0.25) is 0 Å². The molecule has 2 aromatic carbocycles. The molecule has 0 saturated heterocycles. The summed E-state index contributed by atoms with van der Waals surface area (Å²) in [6.07, 6.45) is 11.5. The third kappa shape index (κ3) is 5.41. The van der Waals surface area contributed by atoms with Crippen molar-refractivity contribution >= 4 is 5.76 Å². The van der Waals surface area contributed by atoms with Crippen LogP contribution in [0.3, 0.4) is 0 Å². The normalized spacial score (nSPS) is 13.2. The van der Waals surface area contributed by atoms with E-state index in [4.69, 9.17) is 4.74 Å². The van der Waals surface area contributed by atoms with Gasteiger partial charge in [0.25, 0.3) is 0 Å². The van der Waals surface area contributed by atoms with Gasteiger partial charge in [0.15, 0.2) is 23.0 Å². The van der Waals surface area contributed by atoms with Crippen molar-refractivity contribution in [3.63, 3.8) is 0 Å². The molecule has 0 bridgehead atoms. The lowest BCUT2D eigenvalue weighted by Gasteiger charge is -2.22. The molecule has 5 heteroatoms. The zero-order valence-corrected chi connectivity index (χ0v) is 17.7. The Hall–Kier alpha value is -2.82. The minimum atomic E-state index is -0.595. The number of fused-ring (bicyclic) bond motifs is 1. The predicted octanol–water partition coefficient (Wildman–Crippen LogP) is 6.35. The molecule has 0 fully saturated rings. The second kappa shape index (κ2) is 10.3. The van der Waals surface area contributed by atoms with Gasteiger partial charge in [-0.15, -0.1) is 0 Å². The first kappa shape index (κ1) is 21.9. The average molecular weight is 413 g/mol. The molecule has 1 heterocycles. The van der Waals surface area contributed by atoms with E-state index >= 15 is 0 Å². The maximum atomic E-state index is 10.4. The van der Waals surface area contributed by atoms with E-state index in [0.717, 1.165) is 18.4 Å². The van der Waals surface area contributed by atoms with Gasteiger partial charge in [-0.3, -0.25) is 0 Å². The minimum absolute atomic E-state index is 0.0165. The van der Waals surface area contributed by atoms with Gasteiger partial charge in [-0.1, -0.05) is 64.0 Å². The fraction of sp³-hybridized carbons (Fsp3) is 0.440. The van der Waals surface area contributed by atoms with Crippen molar-refractivity contribution in [3.05, 3.63) is 52.8 Å². The molecule has 1 aliphatic heterocycles. The molecule has 0 spiro atoms. The van der Waals surface area contributed by atoms with Crippen molar-refractivity contribution in [3.8, 4) is 23.0 Å². The number of hydrogen-bond donors (Lipinski definition) is 4. The molecule has 2 aromatic rings.